The van der Waals surface area contributed by atoms with Gasteiger partial charge in [-0.1, -0.05) is 12.1 Å². The molecule has 0 aromatic heterocycles. The van der Waals surface area contributed by atoms with Crippen molar-refractivity contribution in [3.63, 3.8) is 0 Å². The summed E-state index contributed by atoms with van der Waals surface area (Å²) in [6.07, 6.45) is 5.40. The van der Waals surface area contributed by atoms with Gasteiger partial charge in [0.15, 0.2) is 0 Å². The van der Waals surface area contributed by atoms with E-state index in [2.05, 4.69) is 4.90 Å². The third kappa shape index (κ3) is 2.46. The lowest BCUT2D eigenvalue weighted by Gasteiger charge is -2.26. The Morgan fingerprint density at radius 2 is 2.17 bits per heavy atom. The maximum atomic E-state index is 5.84. The number of anilines is 1. The molecule has 0 radical (unpaired) electrons. The number of ether oxygens (including phenoxy) is 1. The van der Waals surface area contributed by atoms with Crippen LogP contribution in [0.3, 0.4) is 0 Å². The first kappa shape index (κ1) is 11.8. The summed E-state index contributed by atoms with van der Waals surface area (Å²) >= 11 is 0. The Kier molecular flexibility index (Phi) is 3.41. The molecule has 1 aromatic carbocycles. The van der Waals surface area contributed by atoms with Crippen LogP contribution in [0.1, 0.15) is 25.7 Å². The molecular formula is C15H22N2O. The Hall–Kier alpha value is -1.22. The summed E-state index contributed by atoms with van der Waals surface area (Å²) < 4.78 is 5.73. The number of likely N-dealkylation sites (tertiary alicyclic amines) is 1. The number of piperidine rings is 1. The van der Waals surface area contributed by atoms with Crippen LogP contribution in [0.5, 0.6) is 5.75 Å². The average molecular weight is 246 g/mol. The van der Waals surface area contributed by atoms with Crippen molar-refractivity contribution in [3.05, 3.63) is 24.3 Å². The maximum absolute atomic E-state index is 5.84. The first-order chi connectivity index (χ1) is 8.83. The van der Waals surface area contributed by atoms with Gasteiger partial charge in [0.05, 0.1) is 12.3 Å². The molecule has 18 heavy (non-hydrogen) atoms. The molecule has 98 valence electrons. The Morgan fingerprint density at radius 3 is 2.89 bits per heavy atom. The first-order valence-electron chi connectivity index (χ1n) is 7.04. The second kappa shape index (κ2) is 5.19. The van der Waals surface area contributed by atoms with Gasteiger partial charge in [0, 0.05) is 19.1 Å². The number of rotatable bonds is 5. The van der Waals surface area contributed by atoms with E-state index in [1.54, 1.807) is 0 Å². The molecule has 0 spiro atoms. The highest BCUT2D eigenvalue weighted by Gasteiger charge is 2.36. The Labute approximate surface area is 109 Å². The van der Waals surface area contributed by atoms with Gasteiger partial charge >= 0.3 is 0 Å². The van der Waals surface area contributed by atoms with E-state index in [9.17, 15) is 0 Å². The number of hydrogen-bond donors (Lipinski definition) is 1. The van der Waals surface area contributed by atoms with Gasteiger partial charge in [0.2, 0.25) is 0 Å². The van der Waals surface area contributed by atoms with E-state index in [1.165, 1.54) is 32.4 Å². The Bertz CT molecular complexity index is 407. The number of hydrogen-bond acceptors (Lipinski definition) is 3. The lowest BCUT2D eigenvalue weighted by atomic mass is 10.1. The van der Waals surface area contributed by atoms with E-state index in [1.807, 2.05) is 24.3 Å². The van der Waals surface area contributed by atoms with Crippen LogP contribution < -0.4 is 10.5 Å². The molecule has 2 bridgehead atoms. The molecular weight excluding hydrogens is 224 g/mol. The largest absolute Gasteiger partial charge is 0.491 e. The molecule has 2 aliphatic rings. The number of para-hydroxylation sites is 2. The van der Waals surface area contributed by atoms with Crippen molar-refractivity contribution in [1.82, 2.24) is 4.90 Å². The van der Waals surface area contributed by atoms with Crippen LogP contribution in [0.2, 0.25) is 0 Å². The van der Waals surface area contributed by atoms with E-state index in [0.29, 0.717) is 0 Å². The molecule has 2 atom stereocenters. The van der Waals surface area contributed by atoms with E-state index in [4.69, 9.17) is 10.5 Å². The zero-order valence-electron chi connectivity index (χ0n) is 10.8. The second-order valence-corrected chi connectivity index (χ2v) is 5.57. The molecule has 2 unspecified atom stereocenters. The van der Waals surface area contributed by atoms with Crippen molar-refractivity contribution >= 4 is 5.69 Å². The lowest BCUT2D eigenvalue weighted by molar-refractivity contribution is 0.193. The molecule has 3 heteroatoms. The van der Waals surface area contributed by atoms with Crippen molar-refractivity contribution < 1.29 is 4.74 Å². The first-order valence-corrected chi connectivity index (χ1v) is 7.04. The van der Waals surface area contributed by atoms with Gasteiger partial charge in [-0.05, 0) is 43.7 Å². The normalized spacial score (nSPS) is 26.7. The van der Waals surface area contributed by atoms with Crippen LogP contribution in [0.4, 0.5) is 5.69 Å². The number of nitrogens with zero attached hydrogens (tertiary/aromatic N) is 1. The molecule has 2 N–H and O–H groups in total. The molecule has 1 saturated carbocycles. The smallest absolute Gasteiger partial charge is 0.142 e. The third-order valence-corrected chi connectivity index (χ3v) is 4.29. The molecule has 1 aromatic rings. The molecule has 3 nitrogen and oxygen atoms in total. The highest BCUT2D eigenvalue weighted by atomic mass is 16.5. The van der Waals surface area contributed by atoms with E-state index < -0.39 is 0 Å². The summed E-state index contributed by atoms with van der Waals surface area (Å²) in [6.45, 7) is 3.26. The van der Waals surface area contributed by atoms with E-state index in [0.717, 1.165) is 36.4 Å². The summed E-state index contributed by atoms with van der Waals surface area (Å²) in [5.41, 5.74) is 6.57. The molecule has 2 fully saturated rings. The van der Waals surface area contributed by atoms with E-state index >= 15 is 0 Å². The number of fused-ring (bicyclic) bond motifs is 2. The van der Waals surface area contributed by atoms with Crippen LogP contribution in [0, 0.1) is 5.92 Å². The SMILES string of the molecule is Nc1ccccc1OCCCN1CC2CCC1C2. The topological polar surface area (TPSA) is 38.5 Å². The highest BCUT2D eigenvalue weighted by Crippen LogP contribution is 2.37. The van der Waals surface area contributed by atoms with Crippen LogP contribution in [0.15, 0.2) is 24.3 Å². The minimum absolute atomic E-state index is 0.734. The van der Waals surface area contributed by atoms with Crippen LogP contribution >= 0.6 is 0 Å². The standard InChI is InChI=1S/C15H22N2O/c16-14-4-1-2-5-15(14)18-9-3-8-17-11-12-6-7-13(17)10-12/h1-2,4-5,12-13H,3,6-11,16H2. The van der Waals surface area contributed by atoms with Crippen LogP contribution in [-0.4, -0.2) is 30.6 Å². The monoisotopic (exact) mass is 246 g/mol. The quantitative estimate of drug-likeness (QED) is 0.641. The van der Waals surface area contributed by atoms with E-state index in [-0.39, 0.29) is 0 Å². The Morgan fingerprint density at radius 1 is 1.28 bits per heavy atom. The summed E-state index contributed by atoms with van der Waals surface area (Å²) in [6, 6.07) is 8.59. The van der Waals surface area contributed by atoms with Gasteiger partial charge in [-0.15, -0.1) is 0 Å². The minimum atomic E-state index is 0.734. The maximum Gasteiger partial charge on any atom is 0.142 e. The minimum Gasteiger partial charge on any atom is -0.491 e. The van der Waals surface area contributed by atoms with Gasteiger partial charge in [0.25, 0.3) is 0 Å². The van der Waals surface area contributed by atoms with Gasteiger partial charge in [-0.2, -0.15) is 0 Å². The van der Waals surface area contributed by atoms with Gasteiger partial charge in [0.1, 0.15) is 5.75 Å². The number of benzene rings is 1. The van der Waals surface area contributed by atoms with Gasteiger partial charge in [-0.3, -0.25) is 4.90 Å². The number of nitrogens with two attached hydrogens (primary N) is 1. The van der Waals surface area contributed by atoms with Crippen molar-refractivity contribution in [1.29, 1.82) is 0 Å². The zero-order chi connectivity index (χ0) is 12.4. The van der Waals surface area contributed by atoms with Crippen molar-refractivity contribution in [3.8, 4) is 5.75 Å². The van der Waals surface area contributed by atoms with Gasteiger partial charge in [-0.25, -0.2) is 0 Å². The van der Waals surface area contributed by atoms with Crippen molar-refractivity contribution in [2.75, 3.05) is 25.4 Å². The fraction of sp³-hybridized carbons (Fsp3) is 0.600. The Balaban J connectivity index is 1.39. The van der Waals surface area contributed by atoms with Crippen LogP contribution in [0.25, 0.3) is 0 Å². The van der Waals surface area contributed by atoms with Crippen LogP contribution in [-0.2, 0) is 0 Å². The molecule has 3 rings (SSSR count). The highest BCUT2D eigenvalue weighted by molar-refractivity contribution is 5.51. The molecule has 1 saturated heterocycles. The lowest BCUT2D eigenvalue weighted by Crippen LogP contribution is -2.33. The van der Waals surface area contributed by atoms with Crippen molar-refractivity contribution in [2.24, 2.45) is 5.92 Å². The molecule has 1 heterocycles. The summed E-state index contributed by atoms with van der Waals surface area (Å²) in [7, 11) is 0. The van der Waals surface area contributed by atoms with Gasteiger partial charge < -0.3 is 10.5 Å². The number of nitrogen functional groups attached to an aromatic ring is 1. The summed E-state index contributed by atoms with van der Waals surface area (Å²) in [5, 5.41) is 0. The zero-order valence-corrected chi connectivity index (χ0v) is 10.8. The summed E-state index contributed by atoms with van der Waals surface area (Å²) in [5.74, 6) is 1.81. The molecule has 1 aliphatic carbocycles. The molecule has 0 amide bonds. The summed E-state index contributed by atoms with van der Waals surface area (Å²) in [4.78, 5) is 2.64. The van der Waals surface area contributed by atoms with Crippen molar-refractivity contribution in [2.45, 2.75) is 31.7 Å². The molecule has 1 aliphatic heterocycles. The average Bonchev–Trinajstić information content (AvgIpc) is 2.99. The fourth-order valence-electron chi connectivity index (χ4n) is 3.36. The predicted octanol–water partition coefficient (Wildman–Crippen LogP) is 2.52. The predicted molar refractivity (Wildman–Crippen MR) is 73.7 cm³/mol. The fourth-order valence-corrected chi connectivity index (χ4v) is 3.36. The second-order valence-electron chi connectivity index (χ2n) is 5.57. The third-order valence-electron chi connectivity index (χ3n) is 4.29.